The number of carbonyl (C=O) groups is 2. The second kappa shape index (κ2) is 3.99. The van der Waals surface area contributed by atoms with Crippen LogP contribution >= 0.6 is 0 Å². The molecule has 3 heteroatoms. The molecule has 1 aliphatic heterocycles. The predicted molar refractivity (Wildman–Crippen MR) is 67.6 cm³/mol. The standard InChI is InChI=1S/C14H17NO2/c1-7-8(2)10(4)14-13(9(7)3)11(16)5-6-12(17)15-14/h5-6H2,1-4H3,(H,15,17). The smallest absolute Gasteiger partial charge is 0.224 e. The normalized spacial score (nSPS) is 15.3. The Bertz CT molecular complexity index is 530. The fourth-order valence-electron chi connectivity index (χ4n) is 2.37. The molecule has 1 aliphatic rings. The lowest BCUT2D eigenvalue weighted by Crippen LogP contribution is -2.12. The summed E-state index contributed by atoms with van der Waals surface area (Å²) in [6.45, 7) is 7.97. The average molecular weight is 231 g/mol. The van der Waals surface area contributed by atoms with Gasteiger partial charge in [-0.3, -0.25) is 9.59 Å². The highest BCUT2D eigenvalue weighted by molar-refractivity contribution is 6.11. The molecule has 1 aromatic carbocycles. The van der Waals surface area contributed by atoms with E-state index < -0.39 is 0 Å². The SMILES string of the molecule is Cc1c(C)c(C)c2c(c1C)NC(=O)CCC2=O. The summed E-state index contributed by atoms with van der Waals surface area (Å²) in [5.74, 6) is 0.00454. The van der Waals surface area contributed by atoms with Gasteiger partial charge in [0.2, 0.25) is 5.91 Å². The van der Waals surface area contributed by atoms with Crippen LogP contribution in [-0.2, 0) is 4.79 Å². The van der Waals surface area contributed by atoms with Crippen molar-refractivity contribution in [2.24, 2.45) is 0 Å². The van der Waals surface area contributed by atoms with Crippen LogP contribution in [0.1, 0.15) is 45.5 Å². The van der Waals surface area contributed by atoms with Gasteiger partial charge in [-0.1, -0.05) is 0 Å². The van der Waals surface area contributed by atoms with Crippen molar-refractivity contribution in [1.29, 1.82) is 0 Å². The van der Waals surface area contributed by atoms with Crippen molar-refractivity contribution in [2.75, 3.05) is 5.32 Å². The number of rotatable bonds is 0. The number of nitrogens with one attached hydrogen (secondary N) is 1. The molecule has 1 heterocycles. The highest BCUT2D eigenvalue weighted by Gasteiger charge is 2.25. The van der Waals surface area contributed by atoms with Gasteiger partial charge in [0.25, 0.3) is 0 Å². The van der Waals surface area contributed by atoms with E-state index in [0.29, 0.717) is 12.0 Å². The topological polar surface area (TPSA) is 46.2 Å². The van der Waals surface area contributed by atoms with Crippen molar-refractivity contribution in [3.05, 3.63) is 27.8 Å². The Morgan fingerprint density at radius 3 is 2.06 bits per heavy atom. The van der Waals surface area contributed by atoms with Crippen molar-refractivity contribution < 1.29 is 9.59 Å². The Labute approximate surface area is 101 Å². The first kappa shape index (κ1) is 11.8. The van der Waals surface area contributed by atoms with Gasteiger partial charge >= 0.3 is 0 Å². The van der Waals surface area contributed by atoms with Gasteiger partial charge in [-0.15, -0.1) is 0 Å². The largest absolute Gasteiger partial charge is 0.325 e. The molecule has 2 rings (SSSR count). The molecule has 0 atom stereocenters. The van der Waals surface area contributed by atoms with Crippen molar-refractivity contribution in [1.82, 2.24) is 0 Å². The molecule has 0 saturated carbocycles. The number of ketones is 1. The molecular weight excluding hydrogens is 214 g/mol. The van der Waals surface area contributed by atoms with Crippen LogP contribution in [0.5, 0.6) is 0 Å². The van der Waals surface area contributed by atoms with Crippen molar-refractivity contribution >= 4 is 17.4 Å². The van der Waals surface area contributed by atoms with Crippen LogP contribution in [0, 0.1) is 27.7 Å². The predicted octanol–water partition coefficient (Wildman–Crippen LogP) is 2.84. The van der Waals surface area contributed by atoms with Gasteiger partial charge in [0.1, 0.15) is 0 Å². The van der Waals surface area contributed by atoms with Crippen LogP contribution in [0.2, 0.25) is 0 Å². The third kappa shape index (κ3) is 1.75. The molecule has 0 aliphatic carbocycles. The maximum atomic E-state index is 12.1. The van der Waals surface area contributed by atoms with Crippen LogP contribution < -0.4 is 5.32 Å². The maximum Gasteiger partial charge on any atom is 0.224 e. The van der Waals surface area contributed by atoms with Gasteiger partial charge in [-0.25, -0.2) is 0 Å². The first-order chi connectivity index (χ1) is 7.93. The lowest BCUT2D eigenvalue weighted by molar-refractivity contribution is -0.116. The summed E-state index contributed by atoms with van der Waals surface area (Å²) >= 11 is 0. The van der Waals surface area contributed by atoms with Gasteiger partial charge < -0.3 is 5.32 Å². The summed E-state index contributed by atoms with van der Waals surface area (Å²) in [7, 11) is 0. The maximum absolute atomic E-state index is 12.1. The third-order valence-electron chi connectivity index (χ3n) is 3.81. The number of Topliss-reactive ketones (excluding diaryl/α,β-unsaturated/α-hetero) is 1. The van der Waals surface area contributed by atoms with E-state index in [-0.39, 0.29) is 18.1 Å². The molecule has 3 nitrogen and oxygen atoms in total. The number of hydrogen-bond acceptors (Lipinski definition) is 2. The molecule has 17 heavy (non-hydrogen) atoms. The zero-order valence-corrected chi connectivity index (χ0v) is 10.7. The van der Waals surface area contributed by atoms with Crippen LogP contribution in [0.4, 0.5) is 5.69 Å². The average Bonchev–Trinajstić information content (AvgIpc) is 2.44. The Morgan fingerprint density at radius 2 is 1.41 bits per heavy atom. The van der Waals surface area contributed by atoms with Gasteiger partial charge in [-0.2, -0.15) is 0 Å². The summed E-state index contributed by atoms with van der Waals surface area (Å²) in [5, 5.41) is 2.87. The van der Waals surface area contributed by atoms with Crippen LogP contribution in [0.25, 0.3) is 0 Å². The summed E-state index contributed by atoms with van der Waals surface area (Å²) in [6, 6.07) is 0. The van der Waals surface area contributed by atoms with E-state index in [1.54, 1.807) is 0 Å². The highest BCUT2D eigenvalue weighted by Crippen LogP contribution is 2.33. The molecule has 0 radical (unpaired) electrons. The van der Waals surface area contributed by atoms with E-state index in [9.17, 15) is 9.59 Å². The van der Waals surface area contributed by atoms with E-state index in [4.69, 9.17) is 0 Å². The minimum Gasteiger partial charge on any atom is -0.325 e. The Hall–Kier alpha value is -1.64. The molecule has 1 aromatic rings. The zero-order valence-electron chi connectivity index (χ0n) is 10.7. The Balaban J connectivity index is 2.79. The first-order valence-electron chi connectivity index (χ1n) is 5.87. The quantitative estimate of drug-likeness (QED) is 0.746. The van der Waals surface area contributed by atoms with Crippen molar-refractivity contribution in [2.45, 2.75) is 40.5 Å². The minimum absolute atomic E-state index is 0.0668. The Morgan fingerprint density at radius 1 is 0.824 bits per heavy atom. The third-order valence-corrected chi connectivity index (χ3v) is 3.81. The minimum atomic E-state index is -0.0668. The number of hydrogen-bond donors (Lipinski definition) is 1. The van der Waals surface area contributed by atoms with Gasteiger partial charge in [-0.05, 0) is 49.9 Å². The van der Waals surface area contributed by atoms with E-state index in [2.05, 4.69) is 5.32 Å². The Kier molecular flexibility index (Phi) is 2.77. The van der Waals surface area contributed by atoms with Crippen LogP contribution in [-0.4, -0.2) is 11.7 Å². The first-order valence-corrected chi connectivity index (χ1v) is 5.87. The molecular formula is C14H17NO2. The molecule has 0 aromatic heterocycles. The molecule has 90 valence electrons. The van der Waals surface area contributed by atoms with E-state index in [1.807, 2.05) is 27.7 Å². The molecule has 0 bridgehead atoms. The van der Waals surface area contributed by atoms with Crippen molar-refractivity contribution in [3.63, 3.8) is 0 Å². The second-order valence-electron chi connectivity index (χ2n) is 4.72. The molecule has 1 amide bonds. The number of anilines is 1. The van der Waals surface area contributed by atoms with Gasteiger partial charge in [0, 0.05) is 18.4 Å². The molecule has 0 spiro atoms. The lowest BCUT2D eigenvalue weighted by atomic mass is 9.90. The monoisotopic (exact) mass is 231 g/mol. The molecule has 1 N–H and O–H groups in total. The van der Waals surface area contributed by atoms with Crippen molar-refractivity contribution in [3.8, 4) is 0 Å². The fraction of sp³-hybridized carbons (Fsp3) is 0.429. The number of carbonyl (C=O) groups excluding carboxylic acids is 2. The summed E-state index contributed by atoms with van der Waals surface area (Å²) in [5.41, 5.74) is 5.72. The number of fused-ring (bicyclic) bond motifs is 1. The van der Waals surface area contributed by atoms with Gasteiger partial charge in [0.15, 0.2) is 5.78 Å². The summed E-state index contributed by atoms with van der Waals surface area (Å²) < 4.78 is 0. The lowest BCUT2D eigenvalue weighted by Gasteiger charge is -2.18. The van der Waals surface area contributed by atoms with E-state index in [1.165, 1.54) is 0 Å². The molecule has 0 fully saturated rings. The van der Waals surface area contributed by atoms with Gasteiger partial charge in [0.05, 0.1) is 5.69 Å². The summed E-state index contributed by atoms with van der Waals surface area (Å²) in [6.07, 6.45) is 0.589. The van der Waals surface area contributed by atoms with Crippen LogP contribution in [0.15, 0.2) is 0 Å². The van der Waals surface area contributed by atoms with E-state index in [0.717, 1.165) is 27.9 Å². The van der Waals surface area contributed by atoms with Crippen LogP contribution in [0.3, 0.4) is 0 Å². The number of amides is 1. The zero-order chi connectivity index (χ0) is 12.7. The number of benzene rings is 1. The van der Waals surface area contributed by atoms with E-state index >= 15 is 0 Å². The highest BCUT2D eigenvalue weighted by atomic mass is 16.2. The molecule has 0 saturated heterocycles. The fourth-order valence-corrected chi connectivity index (χ4v) is 2.37. The molecule has 0 unspecified atom stereocenters. The second-order valence-corrected chi connectivity index (χ2v) is 4.72. The summed E-state index contributed by atoms with van der Waals surface area (Å²) in [4.78, 5) is 23.7.